The third-order valence-electron chi connectivity index (χ3n) is 3.55. The molecule has 1 aromatic heterocycles. The van der Waals surface area contributed by atoms with Crippen LogP contribution in [-0.4, -0.2) is 40.7 Å². The summed E-state index contributed by atoms with van der Waals surface area (Å²) in [6.07, 6.45) is 0.0520. The van der Waals surface area contributed by atoms with Gasteiger partial charge in [-0.25, -0.2) is 0 Å². The Morgan fingerprint density at radius 3 is 2.40 bits per heavy atom. The van der Waals surface area contributed by atoms with Gasteiger partial charge in [-0.3, -0.25) is 0 Å². The lowest BCUT2D eigenvalue weighted by atomic mass is 10.0. The first-order chi connectivity index (χ1) is 9.49. The van der Waals surface area contributed by atoms with Crippen molar-refractivity contribution in [3.05, 3.63) is 0 Å². The number of nitrogens with zero attached hydrogens (tertiary/aromatic N) is 4. The normalized spacial score (nSPS) is 22.4. The van der Waals surface area contributed by atoms with E-state index in [1.807, 2.05) is 20.8 Å². The number of hydrogen-bond donors (Lipinski definition) is 1. The molecule has 2 heterocycles. The Labute approximate surface area is 121 Å². The van der Waals surface area contributed by atoms with Gasteiger partial charge in [-0.05, 0) is 32.6 Å². The van der Waals surface area contributed by atoms with E-state index in [4.69, 9.17) is 4.74 Å². The van der Waals surface area contributed by atoms with Crippen LogP contribution in [0.5, 0.6) is 6.01 Å². The summed E-state index contributed by atoms with van der Waals surface area (Å²) < 4.78 is 5.63. The maximum atomic E-state index is 5.63. The second kappa shape index (κ2) is 6.24. The van der Waals surface area contributed by atoms with Gasteiger partial charge in [0.2, 0.25) is 11.9 Å². The lowest BCUT2D eigenvalue weighted by Gasteiger charge is -2.18. The molecule has 6 heteroatoms. The number of rotatable bonds is 5. The molecule has 20 heavy (non-hydrogen) atoms. The van der Waals surface area contributed by atoms with Crippen molar-refractivity contribution in [1.82, 2.24) is 15.0 Å². The SMILES string of the molecule is CCNc1nc(OC(C)C)nc(N2CC(C)C(C)C2)n1. The highest BCUT2D eigenvalue weighted by Crippen LogP contribution is 2.26. The summed E-state index contributed by atoms with van der Waals surface area (Å²) in [6, 6.07) is 0.396. The summed E-state index contributed by atoms with van der Waals surface area (Å²) in [5.41, 5.74) is 0. The van der Waals surface area contributed by atoms with E-state index in [0.717, 1.165) is 19.6 Å². The van der Waals surface area contributed by atoms with Gasteiger partial charge >= 0.3 is 6.01 Å². The largest absolute Gasteiger partial charge is 0.461 e. The van der Waals surface area contributed by atoms with E-state index >= 15 is 0 Å². The molecule has 1 saturated heterocycles. The maximum absolute atomic E-state index is 5.63. The predicted molar refractivity (Wildman–Crippen MR) is 80.3 cm³/mol. The van der Waals surface area contributed by atoms with Crippen molar-refractivity contribution in [2.45, 2.75) is 40.7 Å². The van der Waals surface area contributed by atoms with Crippen molar-refractivity contribution in [2.75, 3.05) is 29.9 Å². The maximum Gasteiger partial charge on any atom is 0.323 e. The average molecular weight is 279 g/mol. The molecule has 1 N–H and O–H groups in total. The number of nitrogens with one attached hydrogen (secondary N) is 1. The summed E-state index contributed by atoms with van der Waals surface area (Å²) in [5.74, 6) is 2.61. The van der Waals surface area contributed by atoms with E-state index in [0.29, 0.717) is 29.7 Å². The predicted octanol–water partition coefficient (Wildman–Crippen LogP) is 2.18. The van der Waals surface area contributed by atoms with Gasteiger partial charge in [0, 0.05) is 19.6 Å². The molecule has 1 aliphatic rings. The minimum absolute atomic E-state index is 0.0520. The lowest BCUT2D eigenvalue weighted by Crippen LogP contribution is -2.24. The quantitative estimate of drug-likeness (QED) is 0.891. The lowest BCUT2D eigenvalue weighted by molar-refractivity contribution is 0.222. The van der Waals surface area contributed by atoms with Crippen LogP contribution in [-0.2, 0) is 0 Å². The molecule has 0 radical (unpaired) electrons. The highest BCUT2D eigenvalue weighted by atomic mass is 16.5. The Bertz CT molecular complexity index is 441. The summed E-state index contributed by atoms with van der Waals surface area (Å²) in [7, 11) is 0. The molecule has 0 saturated carbocycles. The summed E-state index contributed by atoms with van der Waals surface area (Å²) in [5, 5.41) is 3.14. The molecule has 0 amide bonds. The zero-order chi connectivity index (χ0) is 14.7. The minimum atomic E-state index is 0.0520. The zero-order valence-electron chi connectivity index (χ0n) is 13.1. The molecule has 0 bridgehead atoms. The van der Waals surface area contributed by atoms with Crippen LogP contribution >= 0.6 is 0 Å². The van der Waals surface area contributed by atoms with E-state index in [1.165, 1.54) is 0 Å². The highest BCUT2D eigenvalue weighted by molar-refractivity contribution is 5.39. The molecule has 1 aliphatic heterocycles. The van der Waals surface area contributed by atoms with Crippen LogP contribution in [0.15, 0.2) is 0 Å². The molecule has 1 fully saturated rings. The van der Waals surface area contributed by atoms with Crippen LogP contribution in [0.2, 0.25) is 0 Å². The molecule has 6 nitrogen and oxygen atoms in total. The second-order valence-corrected chi connectivity index (χ2v) is 5.80. The van der Waals surface area contributed by atoms with E-state index in [-0.39, 0.29) is 6.10 Å². The minimum Gasteiger partial charge on any atom is -0.461 e. The average Bonchev–Trinajstić information content (AvgIpc) is 2.69. The molecule has 112 valence electrons. The second-order valence-electron chi connectivity index (χ2n) is 5.80. The molecule has 1 aromatic rings. The topological polar surface area (TPSA) is 63.2 Å². The fourth-order valence-corrected chi connectivity index (χ4v) is 2.28. The van der Waals surface area contributed by atoms with Crippen molar-refractivity contribution in [2.24, 2.45) is 11.8 Å². The number of ether oxygens (including phenoxy) is 1. The van der Waals surface area contributed by atoms with Crippen molar-refractivity contribution in [3.63, 3.8) is 0 Å². The van der Waals surface area contributed by atoms with E-state index in [9.17, 15) is 0 Å². The van der Waals surface area contributed by atoms with Gasteiger partial charge in [0.05, 0.1) is 6.10 Å². The fourth-order valence-electron chi connectivity index (χ4n) is 2.28. The first-order valence-corrected chi connectivity index (χ1v) is 7.41. The Morgan fingerprint density at radius 2 is 1.85 bits per heavy atom. The smallest absolute Gasteiger partial charge is 0.323 e. The Kier molecular flexibility index (Phi) is 4.62. The van der Waals surface area contributed by atoms with E-state index in [2.05, 4.69) is 39.0 Å². The molecule has 0 spiro atoms. The molecule has 0 aliphatic carbocycles. The Balaban J connectivity index is 2.24. The van der Waals surface area contributed by atoms with Gasteiger partial charge in [-0.1, -0.05) is 13.8 Å². The molecule has 2 unspecified atom stereocenters. The van der Waals surface area contributed by atoms with Gasteiger partial charge in [-0.15, -0.1) is 0 Å². The molecular weight excluding hydrogens is 254 g/mol. The molecular formula is C14H25N5O. The Hall–Kier alpha value is -1.59. The van der Waals surface area contributed by atoms with Crippen LogP contribution in [0.4, 0.5) is 11.9 Å². The first-order valence-electron chi connectivity index (χ1n) is 7.41. The van der Waals surface area contributed by atoms with Gasteiger partial charge in [-0.2, -0.15) is 15.0 Å². The van der Waals surface area contributed by atoms with Gasteiger partial charge in [0.25, 0.3) is 0 Å². The van der Waals surface area contributed by atoms with Gasteiger partial charge in [0.15, 0.2) is 0 Å². The van der Waals surface area contributed by atoms with Gasteiger partial charge < -0.3 is 15.0 Å². The number of hydrogen-bond acceptors (Lipinski definition) is 6. The summed E-state index contributed by atoms with van der Waals surface area (Å²) >= 11 is 0. The number of aromatic nitrogens is 3. The fraction of sp³-hybridized carbons (Fsp3) is 0.786. The van der Waals surface area contributed by atoms with Crippen LogP contribution in [0.25, 0.3) is 0 Å². The monoisotopic (exact) mass is 279 g/mol. The van der Waals surface area contributed by atoms with Gasteiger partial charge in [0.1, 0.15) is 0 Å². The van der Waals surface area contributed by atoms with Crippen LogP contribution in [0.3, 0.4) is 0 Å². The third kappa shape index (κ3) is 3.49. The van der Waals surface area contributed by atoms with Crippen molar-refractivity contribution in [1.29, 1.82) is 0 Å². The van der Waals surface area contributed by atoms with E-state index < -0.39 is 0 Å². The molecule has 0 aromatic carbocycles. The number of anilines is 2. The third-order valence-corrected chi connectivity index (χ3v) is 3.55. The van der Waals surface area contributed by atoms with Crippen LogP contribution < -0.4 is 15.0 Å². The standard InChI is InChI=1S/C14H25N5O/c1-6-15-12-16-13(18-14(17-12)20-9(2)3)19-7-10(4)11(5)8-19/h9-11H,6-8H2,1-5H3,(H,15,16,17,18). The Morgan fingerprint density at radius 1 is 1.20 bits per heavy atom. The molecule has 2 rings (SSSR count). The van der Waals surface area contributed by atoms with Crippen LogP contribution in [0, 0.1) is 11.8 Å². The summed E-state index contributed by atoms with van der Waals surface area (Å²) in [6.45, 7) is 13.2. The zero-order valence-corrected chi connectivity index (χ0v) is 13.1. The van der Waals surface area contributed by atoms with Crippen molar-refractivity contribution < 1.29 is 4.74 Å². The van der Waals surface area contributed by atoms with Crippen LogP contribution in [0.1, 0.15) is 34.6 Å². The first kappa shape index (κ1) is 14.8. The van der Waals surface area contributed by atoms with Crippen molar-refractivity contribution >= 4 is 11.9 Å². The van der Waals surface area contributed by atoms with E-state index in [1.54, 1.807) is 0 Å². The summed E-state index contributed by atoms with van der Waals surface area (Å²) in [4.78, 5) is 15.4. The molecule has 2 atom stereocenters. The highest BCUT2D eigenvalue weighted by Gasteiger charge is 2.28. The van der Waals surface area contributed by atoms with Crippen molar-refractivity contribution in [3.8, 4) is 6.01 Å².